The maximum Gasteiger partial charge on any atom is 0.261 e. The molecule has 0 radical (unpaired) electrons. The van der Waals surface area contributed by atoms with E-state index in [1.165, 1.54) is 12.3 Å². The molecule has 0 fully saturated rings. The number of hydrogen-bond donors (Lipinski definition) is 2. The highest BCUT2D eigenvalue weighted by Gasteiger charge is 2.10. The molecule has 92 valence electrons. The molecular formula is C13H11IN2O2. The van der Waals surface area contributed by atoms with Crippen LogP contribution >= 0.6 is 22.6 Å². The number of halogens is 1. The fourth-order valence-corrected chi connectivity index (χ4v) is 2.06. The lowest BCUT2D eigenvalue weighted by molar-refractivity contribution is 0.102. The van der Waals surface area contributed by atoms with Crippen LogP contribution in [0.2, 0.25) is 0 Å². The van der Waals surface area contributed by atoms with Crippen LogP contribution in [0.25, 0.3) is 0 Å². The SMILES string of the molecule is Cc1cc(=O)c(C(=O)Nc2cccc(I)c2)c[nH]1. The van der Waals surface area contributed by atoms with Crippen molar-refractivity contribution in [3.8, 4) is 0 Å². The standard InChI is InChI=1S/C13H11IN2O2/c1-8-5-12(17)11(7-15-8)13(18)16-10-4-2-3-9(14)6-10/h2-7H,1H3,(H,15,17)(H,16,18). The van der Waals surface area contributed by atoms with Gasteiger partial charge in [-0.05, 0) is 47.7 Å². The molecule has 2 aromatic rings. The highest BCUT2D eigenvalue weighted by molar-refractivity contribution is 14.1. The zero-order valence-electron chi connectivity index (χ0n) is 9.66. The van der Waals surface area contributed by atoms with Gasteiger partial charge in [0.05, 0.1) is 0 Å². The van der Waals surface area contributed by atoms with Gasteiger partial charge in [-0.2, -0.15) is 0 Å². The van der Waals surface area contributed by atoms with Crippen LogP contribution in [0, 0.1) is 10.5 Å². The van der Waals surface area contributed by atoms with Crippen molar-refractivity contribution in [2.24, 2.45) is 0 Å². The summed E-state index contributed by atoms with van der Waals surface area (Å²) in [6.45, 7) is 1.77. The molecule has 0 unspecified atom stereocenters. The van der Waals surface area contributed by atoms with Crippen molar-refractivity contribution in [1.82, 2.24) is 4.98 Å². The van der Waals surface area contributed by atoms with E-state index in [1.54, 1.807) is 13.0 Å². The number of carbonyl (C=O) groups is 1. The molecule has 2 N–H and O–H groups in total. The summed E-state index contributed by atoms with van der Waals surface area (Å²) in [4.78, 5) is 26.4. The van der Waals surface area contributed by atoms with Gasteiger partial charge in [-0.25, -0.2) is 0 Å². The third kappa shape index (κ3) is 2.98. The fourth-order valence-electron chi connectivity index (χ4n) is 1.52. The summed E-state index contributed by atoms with van der Waals surface area (Å²) < 4.78 is 1.02. The Morgan fingerprint density at radius 1 is 1.33 bits per heavy atom. The Kier molecular flexibility index (Phi) is 3.81. The summed E-state index contributed by atoms with van der Waals surface area (Å²) in [7, 11) is 0. The average molecular weight is 354 g/mol. The highest BCUT2D eigenvalue weighted by Crippen LogP contribution is 2.12. The molecule has 0 saturated heterocycles. The van der Waals surface area contributed by atoms with Crippen molar-refractivity contribution in [2.75, 3.05) is 5.32 Å². The maximum absolute atomic E-state index is 11.9. The van der Waals surface area contributed by atoms with Crippen molar-refractivity contribution in [2.45, 2.75) is 6.92 Å². The molecule has 0 aliphatic heterocycles. The van der Waals surface area contributed by atoms with Crippen molar-refractivity contribution in [3.63, 3.8) is 0 Å². The first-order valence-corrected chi connectivity index (χ1v) is 6.40. The minimum Gasteiger partial charge on any atom is -0.364 e. The topological polar surface area (TPSA) is 62.0 Å². The van der Waals surface area contributed by atoms with E-state index < -0.39 is 5.91 Å². The first kappa shape index (κ1) is 12.8. The summed E-state index contributed by atoms with van der Waals surface area (Å²) in [5, 5.41) is 2.70. The monoisotopic (exact) mass is 354 g/mol. The molecule has 0 aliphatic carbocycles. The quantitative estimate of drug-likeness (QED) is 0.815. The van der Waals surface area contributed by atoms with Crippen LogP contribution in [0.4, 0.5) is 5.69 Å². The van der Waals surface area contributed by atoms with Crippen LogP contribution in [-0.2, 0) is 0 Å². The van der Waals surface area contributed by atoms with Gasteiger partial charge >= 0.3 is 0 Å². The van der Waals surface area contributed by atoms with Crippen molar-refractivity contribution >= 4 is 34.2 Å². The minimum atomic E-state index is -0.404. The van der Waals surface area contributed by atoms with Gasteiger partial charge in [-0.1, -0.05) is 6.07 Å². The Balaban J connectivity index is 2.25. The molecule has 2 rings (SSSR count). The van der Waals surface area contributed by atoms with E-state index in [0.29, 0.717) is 5.69 Å². The molecule has 4 nitrogen and oxygen atoms in total. The molecule has 0 aliphatic rings. The van der Waals surface area contributed by atoms with Gasteiger partial charge in [0.25, 0.3) is 5.91 Å². The molecule has 18 heavy (non-hydrogen) atoms. The lowest BCUT2D eigenvalue weighted by Gasteiger charge is -2.05. The van der Waals surface area contributed by atoms with Gasteiger partial charge in [0.15, 0.2) is 5.43 Å². The Morgan fingerprint density at radius 3 is 2.78 bits per heavy atom. The number of H-pyrrole nitrogens is 1. The Hall–Kier alpha value is -1.63. The zero-order chi connectivity index (χ0) is 13.1. The summed E-state index contributed by atoms with van der Waals surface area (Å²) in [6, 6.07) is 8.79. The van der Waals surface area contributed by atoms with E-state index in [2.05, 4.69) is 32.9 Å². The van der Waals surface area contributed by atoms with E-state index >= 15 is 0 Å². The normalized spacial score (nSPS) is 10.1. The van der Waals surface area contributed by atoms with Crippen LogP contribution in [0.5, 0.6) is 0 Å². The number of aryl methyl sites for hydroxylation is 1. The predicted octanol–water partition coefficient (Wildman–Crippen LogP) is 2.54. The number of benzene rings is 1. The van der Waals surface area contributed by atoms with E-state index in [1.807, 2.05) is 18.2 Å². The molecule has 5 heteroatoms. The molecule has 0 atom stereocenters. The van der Waals surface area contributed by atoms with E-state index in [9.17, 15) is 9.59 Å². The second-order valence-corrected chi connectivity index (χ2v) is 5.10. The smallest absolute Gasteiger partial charge is 0.261 e. The van der Waals surface area contributed by atoms with Crippen LogP contribution in [-0.4, -0.2) is 10.9 Å². The lowest BCUT2D eigenvalue weighted by Crippen LogP contribution is -2.21. The minimum absolute atomic E-state index is 0.111. The van der Waals surface area contributed by atoms with Gasteiger partial charge < -0.3 is 10.3 Å². The predicted molar refractivity (Wildman–Crippen MR) is 78.9 cm³/mol. The maximum atomic E-state index is 11.9. The van der Waals surface area contributed by atoms with Gasteiger partial charge in [0.2, 0.25) is 0 Å². The first-order valence-electron chi connectivity index (χ1n) is 5.32. The van der Waals surface area contributed by atoms with Crippen LogP contribution in [0.3, 0.4) is 0 Å². The third-order valence-electron chi connectivity index (χ3n) is 2.38. The second kappa shape index (κ2) is 5.34. The van der Waals surface area contributed by atoms with Crippen molar-refractivity contribution in [3.05, 3.63) is 61.6 Å². The zero-order valence-corrected chi connectivity index (χ0v) is 11.8. The summed E-state index contributed by atoms with van der Waals surface area (Å²) in [5.74, 6) is -0.404. The van der Waals surface area contributed by atoms with E-state index in [-0.39, 0.29) is 11.0 Å². The number of nitrogens with one attached hydrogen (secondary N) is 2. The number of aromatic nitrogens is 1. The lowest BCUT2D eigenvalue weighted by atomic mass is 10.2. The molecule has 0 saturated carbocycles. The summed E-state index contributed by atoms with van der Waals surface area (Å²) >= 11 is 2.16. The highest BCUT2D eigenvalue weighted by atomic mass is 127. The van der Waals surface area contributed by atoms with Crippen LogP contribution in [0.1, 0.15) is 16.1 Å². The van der Waals surface area contributed by atoms with Crippen molar-refractivity contribution < 1.29 is 4.79 Å². The average Bonchev–Trinajstić information content (AvgIpc) is 2.28. The molecular weight excluding hydrogens is 343 g/mol. The van der Waals surface area contributed by atoms with E-state index in [4.69, 9.17) is 0 Å². The van der Waals surface area contributed by atoms with Gasteiger partial charge in [-0.15, -0.1) is 0 Å². The van der Waals surface area contributed by atoms with Crippen LogP contribution in [0.15, 0.2) is 41.3 Å². The molecule has 1 aromatic heterocycles. The number of pyridine rings is 1. The summed E-state index contributed by atoms with van der Waals surface area (Å²) in [5.41, 5.74) is 1.23. The van der Waals surface area contributed by atoms with Crippen molar-refractivity contribution in [1.29, 1.82) is 0 Å². The van der Waals surface area contributed by atoms with E-state index in [0.717, 1.165) is 9.26 Å². The molecule has 0 bridgehead atoms. The fraction of sp³-hybridized carbons (Fsp3) is 0.0769. The number of amides is 1. The molecule has 1 amide bonds. The Labute approximate surface area is 118 Å². The number of carbonyl (C=O) groups excluding carboxylic acids is 1. The molecule has 1 heterocycles. The Bertz CT molecular complexity index is 649. The second-order valence-electron chi connectivity index (χ2n) is 3.86. The number of rotatable bonds is 2. The van der Waals surface area contributed by atoms with Gasteiger partial charge in [0.1, 0.15) is 5.56 Å². The number of hydrogen-bond acceptors (Lipinski definition) is 2. The molecule has 0 spiro atoms. The largest absolute Gasteiger partial charge is 0.364 e. The third-order valence-corrected chi connectivity index (χ3v) is 3.06. The summed E-state index contributed by atoms with van der Waals surface area (Å²) in [6.07, 6.45) is 1.43. The number of aromatic amines is 1. The first-order chi connectivity index (χ1) is 8.56. The van der Waals surface area contributed by atoms with Gasteiger partial charge in [-0.3, -0.25) is 9.59 Å². The molecule has 1 aromatic carbocycles. The number of anilines is 1. The Morgan fingerprint density at radius 2 is 2.11 bits per heavy atom. The van der Waals surface area contributed by atoms with Crippen LogP contribution < -0.4 is 10.7 Å². The van der Waals surface area contributed by atoms with Gasteiger partial charge in [0, 0.05) is 27.2 Å².